The van der Waals surface area contributed by atoms with E-state index in [0.29, 0.717) is 30.7 Å². The van der Waals surface area contributed by atoms with Crippen LogP contribution in [0, 0.1) is 30.1 Å². The first-order valence-electron chi connectivity index (χ1n) is 9.66. The monoisotopic (exact) mass is 359 g/mol. The molecule has 142 valence electrons. The molecule has 1 aromatic rings. The van der Waals surface area contributed by atoms with Crippen molar-refractivity contribution in [3.05, 3.63) is 23.5 Å². The number of nitrogens with zero attached hydrogens (tertiary/aromatic N) is 2. The molecule has 0 aliphatic carbocycles. The molecule has 4 heterocycles. The van der Waals surface area contributed by atoms with E-state index < -0.39 is 0 Å². The molecule has 3 fully saturated rings. The van der Waals surface area contributed by atoms with E-state index >= 15 is 0 Å². The quantitative estimate of drug-likeness (QED) is 0.877. The summed E-state index contributed by atoms with van der Waals surface area (Å²) in [6, 6.07) is 3.79. The Labute approximate surface area is 154 Å². The molecule has 1 N–H and O–H groups in total. The largest absolute Gasteiger partial charge is 0.381 e. The molecule has 3 saturated heterocycles. The van der Waals surface area contributed by atoms with Crippen LogP contribution in [0.2, 0.25) is 0 Å². The summed E-state index contributed by atoms with van der Waals surface area (Å²) >= 11 is 0. The maximum atomic E-state index is 13.1. The molecular weight excluding hydrogens is 330 g/mol. The zero-order valence-electron chi connectivity index (χ0n) is 16.0. The van der Waals surface area contributed by atoms with E-state index in [1.165, 1.54) is 0 Å². The minimum Gasteiger partial charge on any atom is -0.381 e. The first kappa shape index (κ1) is 17.6. The summed E-state index contributed by atoms with van der Waals surface area (Å²) in [5, 5.41) is 0. The molecular formula is C20H29N3O3. The first-order valence-corrected chi connectivity index (χ1v) is 9.66. The molecule has 0 spiro atoms. The second kappa shape index (κ2) is 6.41. The van der Waals surface area contributed by atoms with Crippen molar-refractivity contribution >= 4 is 11.8 Å². The predicted octanol–water partition coefficient (Wildman–Crippen LogP) is 1.92. The topological polar surface area (TPSA) is 65.6 Å². The Hall–Kier alpha value is -1.82. The van der Waals surface area contributed by atoms with Gasteiger partial charge >= 0.3 is 0 Å². The highest BCUT2D eigenvalue weighted by Crippen LogP contribution is 2.38. The number of carbonyl (C=O) groups excluding carboxylic acids is 2. The lowest BCUT2D eigenvalue weighted by molar-refractivity contribution is -0.146. The summed E-state index contributed by atoms with van der Waals surface area (Å²) in [7, 11) is 0. The number of rotatable bonds is 2. The van der Waals surface area contributed by atoms with Crippen LogP contribution >= 0.6 is 0 Å². The van der Waals surface area contributed by atoms with Gasteiger partial charge in [-0.2, -0.15) is 0 Å². The lowest BCUT2D eigenvalue weighted by Gasteiger charge is -2.39. The van der Waals surface area contributed by atoms with Crippen molar-refractivity contribution in [1.82, 2.24) is 14.8 Å². The number of likely N-dealkylation sites (tertiary alicyclic amines) is 2. The van der Waals surface area contributed by atoms with Gasteiger partial charge in [0.2, 0.25) is 5.91 Å². The van der Waals surface area contributed by atoms with Crippen LogP contribution in [0.3, 0.4) is 0 Å². The summed E-state index contributed by atoms with van der Waals surface area (Å²) in [5.41, 5.74) is 1.57. The molecule has 0 radical (unpaired) electrons. The Balaban J connectivity index is 1.37. The van der Waals surface area contributed by atoms with Gasteiger partial charge in [-0.15, -0.1) is 0 Å². The van der Waals surface area contributed by atoms with Gasteiger partial charge < -0.3 is 19.5 Å². The van der Waals surface area contributed by atoms with E-state index in [9.17, 15) is 9.59 Å². The number of fused-ring (bicyclic) bond motifs is 1. The number of ether oxygens (including phenoxy) is 1. The van der Waals surface area contributed by atoms with Crippen LogP contribution in [0.25, 0.3) is 0 Å². The maximum absolute atomic E-state index is 13.1. The predicted molar refractivity (Wildman–Crippen MR) is 97.7 cm³/mol. The van der Waals surface area contributed by atoms with E-state index in [0.717, 1.165) is 38.3 Å². The van der Waals surface area contributed by atoms with Crippen molar-refractivity contribution in [1.29, 1.82) is 0 Å². The van der Waals surface area contributed by atoms with Crippen LogP contribution in [-0.2, 0) is 9.53 Å². The van der Waals surface area contributed by atoms with Gasteiger partial charge in [0.05, 0.1) is 6.61 Å². The number of amides is 2. The van der Waals surface area contributed by atoms with Crippen molar-refractivity contribution in [3.8, 4) is 0 Å². The fraction of sp³-hybridized carbons (Fsp3) is 0.700. The lowest BCUT2D eigenvalue weighted by atomic mass is 9.75. The van der Waals surface area contributed by atoms with Gasteiger partial charge in [-0.1, -0.05) is 13.8 Å². The molecule has 0 aromatic carbocycles. The number of carbonyl (C=O) groups is 2. The normalized spacial score (nSPS) is 30.5. The highest BCUT2D eigenvalue weighted by Gasteiger charge is 2.47. The van der Waals surface area contributed by atoms with E-state index in [-0.39, 0.29) is 23.1 Å². The molecule has 0 bridgehead atoms. The number of nitrogens with one attached hydrogen (secondary N) is 1. The third kappa shape index (κ3) is 3.04. The maximum Gasteiger partial charge on any atom is 0.270 e. The number of aromatic nitrogens is 1. The summed E-state index contributed by atoms with van der Waals surface area (Å²) in [6.07, 6.45) is 0.814. The molecule has 3 aliphatic heterocycles. The second-order valence-corrected chi connectivity index (χ2v) is 8.91. The number of H-pyrrole nitrogens is 1. The molecule has 6 nitrogen and oxygen atoms in total. The van der Waals surface area contributed by atoms with Crippen LogP contribution in [0.5, 0.6) is 0 Å². The van der Waals surface area contributed by atoms with Gasteiger partial charge in [-0.05, 0) is 30.9 Å². The van der Waals surface area contributed by atoms with Crippen LogP contribution in [0.1, 0.15) is 36.5 Å². The number of hydrogen-bond donors (Lipinski definition) is 1. The summed E-state index contributed by atoms with van der Waals surface area (Å²) < 4.78 is 5.57. The first-order chi connectivity index (χ1) is 12.3. The average Bonchev–Trinajstić information content (AvgIpc) is 3.27. The summed E-state index contributed by atoms with van der Waals surface area (Å²) in [4.78, 5) is 32.8. The van der Waals surface area contributed by atoms with Crippen LogP contribution in [-0.4, -0.2) is 66.0 Å². The van der Waals surface area contributed by atoms with Crippen LogP contribution in [0.15, 0.2) is 12.1 Å². The molecule has 2 amide bonds. The van der Waals surface area contributed by atoms with Gasteiger partial charge in [0, 0.05) is 56.2 Å². The number of hydrogen-bond acceptors (Lipinski definition) is 3. The van der Waals surface area contributed by atoms with Crippen LogP contribution in [0.4, 0.5) is 0 Å². The number of aromatic amines is 1. The van der Waals surface area contributed by atoms with Crippen molar-refractivity contribution in [3.63, 3.8) is 0 Å². The minimum atomic E-state index is -0.0967. The standard InChI is InChI=1S/C20H29N3O3/c1-13-4-5-17(21-13)19(25)23-10-14-8-22(9-15(14)11-23)18(24)16-6-7-26-12-20(16,2)3/h4-5,14-16,21H,6-12H2,1-3H3/t14-,15+,16?. The fourth-order valence-corrected chi connectivity index (χ4v) is 4.84. The highest BCUT2D eigenvalue weighted by molar-refractivity contribution is 5.92. The molecule has 3 atom stereocenters. The zero-order chi connectivity index (χ0) is 18.5. The molecule has 1 unspecified atom stereocenters. The Bertz CT molecular complexity index is 697. The Kier molecular flexibility index (Phi) is 4.34. The van der Waals surface area contributed by atoms with Gasteiger partial charge in [-0.3, -0.25) is 9.59 Å². The SMILES string of the molecule is Cc1ccc(C(=O)N2C[C@@H]3CN(C(=O)C4CCOCC4(C)C)C[C@@H]3C2)[nH]1. The lowest BCUT2D eigenvalue weighted by Crippen LogP contribution is -2.47. The second-order valence-electron chi connectivity index (χ2n) is 8.91. The van der Waals surface area contributed by atoms with E-state index in [4.69, 9.17) is 4.74 Å². The molecule has 0 saturated carbocycles. The van der Waals surface area contributed by atoms with Crippen molar-refractivity contribution < 1.29 is 14.3 Å². The molecule has 1 aromatic heterocycles. The summed E-state index contributed by atoms with van der Waals surface area (Å²) in [5.74, 6) is 1.22. The molecule has 6 heteroatoms. The third-order valence-corrected chi connectivity index (χ3v) is 6.41. The molecule has 26 heavy (non-hydrogen) atoms. The van der Waals surface area contributed by atoms with E-state index in [2.05, 4.69) is 18.8 Å². The highest BCUT2D eigenvalue weighted by atomic mass is 16.5. The van der Waals surface area contributed by atoms with E-state index in [1.807, 2.05) is 28.9 Å². The van der Waals surface area contributed by atoms with Gasteiger partial charge in [0.25, 0.3) is 5.91 Å². The Morgan fingerprint density at radius 2 is 1.77 bits per heavy atom. The average molecular weight is 359 g/mol. The molecule has 4 rings (SSSR count). The minimum absolute atomic E-state index is 0.0507. The van der Waals surface area contributed by atoms with E-state index in [1.54, 1.807) is 0 Å². The Morgan fingerprint density at radius 3 is 2.35 bits per heavy atom. The van der Waals surface area contributed by atoms with Crippen molar-refractivity contribution in [2.75, 3.05) is 39.4 Å². The zero-order valence-corrected chi connectivity index (χ0v) is 16.0. The van der Waals surface area contributed by atoms with Gasteiger partial charge in [0.15, 0.2) is 0 Å². The smallest absolute Gasteiger partial charge is 0.270 e. The molecule has 3 aliphatic rings. The van der Waals surface area contributed by atoms with Crippen LogP contribution < -0.4 is 0 Å². The summed E-state index contributed by atoms with van der Waals surface area (Å²) in [6.45, 7) is 10.6. The number of aryl methyl sites for hydroxylation is 1. The van der Waals surface area contributed by atoms with Crippen molar-refractivity contribution in [2.45, 2.75) is 27.2 Å². The third-order valence-electron chi connectivity index (χ3n) is 6.41. The fourth-order valence-electron chi connectivity index (χ4n) is 4.84. The van der Waals surface area contributed by atoms with Gasteiger partial charge in [0.1, 0.15) is 5.69 Å². The van der Waals surface area contributed by atoms with Crippen molar-refractivity contribution in [2.24, 2.45) is 23.2 Å². The van der Waals surface area contributed by atoms with Gasteiger partial charge in [-0.25, -0.2) is 0 Å². The Morgan fingerprint density at radius 1 is 1.12 bits per heavy atom.